The van der Waals surface area contributed by atoms with Gasteiger partial charge < -0.3 is 5.32 Å². The van der Waals surface area contributed by atoms with Crippen LogP contribution in [0, 0.1) is 11.3 Å². The van der Waals surface area contributed by atoms with E-state index in [9.17, 15) is 0 Å². The summed E-state index contributed by atoms with van der Waals surface area (Å²) >= 11 is 3.42. The summed E-state index contributed by atoms with van der Waals surface area (Å²) in [6.45, 7) is 2.70. The quantitative estimate of drug-likeness (QED) is 0.894. The first-order valence-corrected chi connectivity index (χ1v) is 5.39. The number of benzene rings is 1. The largest absolute Gasteiger partial charge is 0.302 e. The third-order valence-electron chi connectivity index (χ3n) is 1.95. The van der Waals surface area contributed by atoms with Crippen LogP contribution in [-0.2, 0) is 6.42 Å². The lowest BCUT2D eigenvalue weighted by molar-refractivity contribution is 0.640. The van der Waals surface area contributed by atoms with Crippen LogP contribution in [0.15, 0.2) is 28.7 Å². The third kappa shape index (κ3) is 3.91. The molecule has 0 aliphatic heterocycles. The van der Waals surface area contributed by atoms with Crippen LogP contribution in [-0.4, -0.2) is 12.6 Å². The first-order valence-electron chi connectivity index (χ1n) is 4.60. The fourth-order valence-corrected chi connectivity index (χ4v) is 1.62. The molecule has 0 heterocycles. The highest BCUT2D eigenvalue weighted by Gasteiger charge is 1.98. The van der Waals surface area contributed by atoms with Gasteiger partial charge in [-0.25, -0.2) is 0 Å². The molecule has 0 saturated carbocycles. The van der Waals surface area contributed by atoms with E-state index in [0.717, 1.165) is 17.4 Å². The van der Waals surface area contributed by atoms with E-state index in [0.29, 0.717) is 0 Å². The Morgan fingerprint density at radius 2 is 2.36 bits per heavy atom. The maximum absolute atomic E-state index is 8.56. The molecule has 1 N–H and O–H groups in total. The lowest BCUT2D eigenvalue weighted by Gasteiger charge is -2.05. The Morgan fingerprint density at radius 1 is 1.57 bits per heavy atom. The van der Waals surface area contributed by atoms with Gasteiger partial charge in [-0.15, -0.1) is 0 Å². The lowest BCUT2D eigenvalue weighted by Crippen LogP contribution is -2.26. The molecule has 1 aromatic rings. The standard InChI is InChI=1S/C11H13BrN2/c1-9(8-13)14-6-5-10-3-2-4-11(12)7-10/h2-4,7,9,14H,5-6H2,1H3. The maximum Gasteiger partial charge on any atom is 0.0924 e. The number of rotatable bonds is 4. The molecule has 14 heavy (non-hydrogen) atoms. The van der Waals surface area contributed by atoms with E-state index in [-0.39, 0.29) is 6.04 Å². The molecule has 0 aliphatic rings. The van der Waals surface area contributed by atoms with Gasteiger partial charge in [-0.1, -0.05) is 28.1 Å². The van der Waals surface area contributed by atoms with E-state index >= 15 is 0 Å². The molecule has 0 aromatic heterocycles. The van der Waals surface area contributed by atoms with Gasteiger partial charge >= 0.3 is 0 Å². The van der Waals surface area contributed by atoms with Crippen LogP contribution in [0.1, 0.15) is 12.5 Å². The number of hydrogen-bond donors (Lipinski definition) is 1. The van der Waals surface area contributed by atoms with Crippen LogP contribution in [0.2, 0.25) is 0 Å². The van der Waals surface area contributed by atoms with Crippen LogP contribution in [0.4, 0.5) is 0 Å². The van der Waals surface area contributed by atoms with Crippen LogP contribution in [0.3, 0.4) is 0 Å². The first kappa shape index (κ1) is 11.2. The second kappa shape index (κ2) is 5.79. The van der Waals surface area contributed by atoms with Gasteiger partial charge in [-0.2, -0.15) is 5.26 Å². The van der Waals surface area contributed by atoms with Crippen molar-refractivity contribution in [3.8, 4) is 6.07 Å². The average molecular weight is 253 g/mol. The molecule has 0 bridgehead atoms. The lowest BCUT2D eigenvalue weighted by atomic mass is 10.1. The van der Waals surface area contributed by atoms with Crippen LogP contribution < -0.4 is 5.32 Å². The van der Waals surface area contributed by atoms with Crippen molar-refractivity contribution in [2.24, 2.45) is 0 Å². The molecule has 0 saturated heterocycles. The second-order valence-corrected chi connectivity index (χ2v) is 4.10. The van der Waals surface area contributed by atoms with Crippen LogP contribution in [0.25, 0.3) is 0 Å². The fraction of sp³-hybridized carbons (Fsp3) is 0.364. The van der Waals surface area contributed by atoms with Gasteiger partial charge in [0, 0.05) is 11.0 Å². The van der Waals surface area contributed by atoms with Crippen molar-refractivity contribution in [2.75, 3.05) is 6.54 Å². The molecule has 1 rings (SSSR count). The molecule has 0 amide bonds. The molecule has 0 radical (unpaired) electrons. The second-order valence-electron chi connectivity index (χ2n) is 3.18. The fourth-order valence-electron chi connectivity index (χ4n) is 1.17. The van der Waals surface area contributed by atoms with Crippen molar-refractivity contribution in [3.05, 3.63) is 34.3 Å². The van der Waals surface area contributed by atoms with Gasteiger partial charge in [0.2, 0.25) is 0 Å². The van der Waals surface area contributed by atoms with E-state index in [1.165, 1.54) is 5.56 Å². The van der Waals surface area contributed by atoms with Gasteiger partial charge in [-0.05, 0) is 31.0 Å². The molecule has 0 aliphatic carbocycles. The Balaban J connectivity index is 2.36. The minimum atomic E-state index is -0.0675. The molecule has 1 unspecified atom stereocenters. The summed E-state index contributed by atoms with van der Waals surface area (Å²) in [6.07, 6.45) is 0.950. The van der Waals surface area contributed by atoms with Crippen molar-refractivity contribution in [1.82, 2.24) is 5.32 Å². The molecule has 1 aromatic carbocycles. The molecule has 0 fully saturated rings. The van der Waals surface area contributed by atoms with Gasteiger partial charge in [-0.3, -0.25) is 0 Å². The highest BCUT2D eigenvalue weighted by atomic mass is 79.9. The molecule has 0 spiro atoms. The minimum absolute atomic E-state index is 0.0675. The molecule has 74 valence electrons. The molecule has 3 heteroatoms. The molecule has 1 atom stereocenters. The Labute approximate surface area is 93.1 Å². The smallest absolute Gasteiger partial charge is 0.0924 e. The predicted molar refractivity (Wildman–Crippen MR) is 60.9 cm³/mol. The van der Waals surface area contributed by atoms with Crippen molar-refractivity contribution >= 4 is 15.9 Å². The Morgan fingerprint density at radius 3 is 3.00 bits per heavy atom. The highest BCUT2D eigenvalue weighted by molar-refractivity contribution is 9.10. The molecule has 2 nitrogen and oxygen atoms in total. The van der Waals surface area contributed by atoms with Gasteiger partial charge in [0.25, 0.3) is 0 Å². The van der Waals surface area contributed by atoms with Crippen molar-refractivity contribution < 1.29 is 0 Å². The Bertz CT molecular complexity index is 330. The zero-order valence-electron chi connectivity index (χ0n) is 8.13. The summed E-state index contributed by atoms with van der Waals surface area (Å²) in [4.78, 5) is 0. The zero-order valence-corrected chi connectivity index (χ0v) is 9.71. The van der Waals surface area contributed by atoms with Crippen molar-refractivity contribution in [2.45, 2.75) is 19.4 Å². The van der Waals surface area contributed by atoms with E-state index in [4.69, 9.17) is 5.26 Å². The third-order valence-corrected chi connectivity index (χ3v) is 2.44. The van der Waals surface area contributed by atoms with Gasteiger partial charge in [0.05, 0.1) is 12.1 Å². The number of halogens is 1. The van der Waals surface area contributed by atoms with Crippen molar-refractivity contribution in [1.29, 1.82) is 5.26 Å². The van der Waals surface area contributed by atoms with E-state index in [2.05, 4.69) is 39.4 Å². The van der Waals surface area contributed by atoms with Crippen LogP contribution >= 0.6 is 15.9 Å². The number of nitriles is 1. The number of nitrogens with zero attached hydrogens (tertiary/aromatic N) is 1. The summed E-state index contributed by atoms with van der Waals surface area (Å²) in [6, 6.07) is 10.3. The normalized spacial score (nSPS) is 12.1. The molecular weight excluding hydrogens is 240 g/mol. The first-order chi connectivity index (χ1) is 6.72. The zero-order chi connectivity index (χ0) is 10.4. The minimum Gasteiger partial charge on any atom is -0.302 e. The monoisotopic (exact) mass is 252 g/mol. The summed E-state index contributed by atoms with van der Waals surface area (Å²) in [5.41, 5.74) is 1.28. The van der Waals surface area contributed by atoms with E-state index < -0.39 is 0 Å². The average Bonchev–Trinajstić information content (AvgIpc) is 2.17. The summed E-state index contributed by atoms with van der Waals surface area (Å²) in [5.74, 6) is 0. The van der Waals surface area contributed by atoms with E-state index in [1.807, 2.05) is 19.1 Å². The highest BCUT2D eigenvalue weighted by Crippen LogP contribution is 2.11. The summed E-state index contributed by atoms with van der Waals surface area (Å²) in [7, 11) is 0. The van der Waals surface area contributed by atoms with Crippen molar-refractivity contribution in [3.63, 3.8) is 0 Å². The number of hydrogen-bond acceptors (Lipinski definition) is 2. The molecular formula is C11H13BrN2. The SMILES string of the molecule is CC(C#N)NCCc1cccc(Br)c1. The number of nitrogens with one attached hydrogen (secondary N) is 1. The Hall–Kier alpha value is -0.850. The summed E-state index contributed by atoms with van der Waals surface area (Å²) in [5, 5.41) is 11.7. The van der Waals surface area contributed by atoms with Crippen LogP contribution in [0.5, 0.6) is 0 Å². The van der Waals surface area contributed by atoms with Gasteiger partial charge in [0.15, 0.2) is 0 Å². The topological polar surface area (TPSA) is 35.8 Å². The van der Waals surface area contributed by atoms with Gasteiger partial charge in [0.1, 0.15) is 0 Å². The van der Waals surface area contributed by atoms with E-state index in [1.54, 1.807) is 0 Å². The Kier molecular flexibility index (Phi) is 4.64. The summed E-state index contributed by atoms with van der Waals surface area (Å²) < 4.78 is 1.10. The predicted octanol–water partition coefficient (Wildman–Crippen LogP) is 2.49. The maximum atomic E-state index is 8.56.